The standard InChI is InChI=1S/C18H16ClN3O4S/c1-2-22-17(16(11-21-22)12-3-5-13(19)6-4-12)18(23)26-14-7-9-15(10-8-14)27(20,24)25/h3-11H,2H2,1H3,(H2,20,24,25). The fourth-order valence-electron chi connectivity index (χ4n) is 2.53. The third kappa shape index (κ3) is 4.19. The number of nitrogens with zero attached hydrogens (tertiary/aromatic N) is 2. The van der Waals surface area contributed by atoms with E-state index in [1.54, 1.807) is 30.5 Å². The Kier molecular flexibility index (Phi) is 5.31. The van der Waals surface area contributed by atoms with Crippen LogP contribution in [-0.4, -0.2) is 24.2 Å². The van der Waals surface area contributed by atoms with Gasteiger partial charge in [0.25, 0.3) is 0 Å². The lowest BCUT2D eigenvalue weighted by Crippen LogP contribution is -2.16. The molecule has 0 aliphatic carbocycles. The van der Waals surface area contributed by atoms with Crippen LogP contribution in [0.1, 0.15) is 17.4 Å². The van der Waals surface area contributed by atoms with E-state index in [2.05, 4.69) is 5.10 Å². The number of esters is 1. The van der Waals surface area contributed by atoms with Gasteiger partial charge in [-0.1, -0.05) is 23.7 Å². The zero-order chi connectivity index (χ0) is 19.6. The molecule has 0 spiro atoms. The van der Waals surface area contributed by atoms with Gasteiger partial charge in [0.05, 0.1) is 11.1 Å². The molecule has 9 heteroatoms. The van der Waals surface area contributed by atoms with Crippen LogP contribution in [0.25, 0.3) is 11.1 Å². The number of primary sulfonamides is 1. The average molecular weight is 406 g/mol. The molecule has 2 N–H and O–H groups in total. The highest BCUT2D eigenvalue weighted by Crippen LogP contribution is 2.26. The molecule has 3 rings (SSSR count). The molecule has 7 nitrogen and oxygen atoms in total. The van der Waals surface area contributed by atoms with Crippen molar-refractivity contribution in [3.63, 3.8) is 0 Å². The molecule has 0 amide bonds. The molecule has 0 saturated carbocycles. The Labute approximate surface area is 161 Å². The maximum Gasteiger partial charge on any atom is 0.362 e. The first-order valence-electron chi connectivity index (χ1n) is 7.96. The van der Waals surface area contributed by atoms with Gasteiger partial charge in [-0.05, 0) is 48.9 Å². The third-order valence-corrected chi connectivity index (χ3v) is 5.03. The normalized spacial score (nSPS) is 11.4. The van der Waals surface area contributed by atoms with E-state index >= 15 is 0 Å². The van der Waals surface area contributed by atoms with Crippen molar-refractivity contribution in [1.29, 1.82) is 0 Å². The third-order valence-electron chi connectivity index (χ3n) is 3.85. The van der Waals surface area contributed by atoms with E-state index in [-0.39, 0.29) is 16.3 Å². The van der Waals surface area contributed by atoms with Gasteiger partial charge in [0, 0.05) is 17.1 Å². The summed E-state index contributed by atoms with van der Waals surface area (Å²) in [6.07, 6.45) is 1.59. The van der Waals surface area contributed by atoms with Gasteiger partial charge in [-0.25, -0.2) is 18.4 Å². The lowest BCUT2D eigenvalue weighted by atomic mass is 10.1. The van der Waals surface area contributed by atoms with Crippen molar-refractivity contribution in [2.24, 2.45) is 5.14 Å². The molecule has 1 aromatic heterocycles. The second-order valence-corrected chi connectivity index (χ2v) is 7.63. The van der Waals surface area contributed by atoms with Gasteiger partial charge in [-0.2, -0.15) is 5.10 Å². The number of halogens is 1. The molecule has 0 unspecified atom stereocenters. The lowest BCUT2D eigenvalue weighted by Gasteiger charge is -2.09. The van der Waals surface area contributed by atoms with Crippen molar-refractivity contribution in [3.8, 4) is 16.9 Å². The summed E-state index contributed by atoms with van der Waals surface area (Å²) in [4.78, 5) is 12.7. The predicted molar refractivity (Wildman–Crippen MR) is 101 cm³/mol. The first kappa shape index (κ1) is 19.1. The zero-order valence-electron chi connectivity index (χ0n) is 14.3. The summed E-state index contributed by atoms with van der Waals surface area (Å²) in [5.74, 6) is -0.416. The van der Waals surface area contributed by atoms with Gasteiger partial charge in [0.15, 0.2) is 5.69 Å². The van der Waals surface area contributed by atoms with Crippen LogP contribution in [0.3, 0.4) is 0 Å². The van der Waals surface area contributed by atoms with Crippen LogP contribution in [-0.2, 0) is 16.6 Å². The summed E-state index contributed by atoms with van der Waals surface area (Å²) >= 11 is 5.92. The Morgan fingerprint density at radius 1 is 1.15 bits per heavy atom. The number of aromatic nitrogens is 2. The molecule has 140 valence electrons. The van der Waals surface area contributed by atoms with Crippen molar-refractivity contribution < 1.29 is 17.9 Å². The number of aryl methyl sites for hydroxylation is 1. The number of sulfonamides is 1. The molecule has 0 saturated heterocycles. The number of ether oxygens (including phenoxy) is 1. The Morgan fingerprint density at radius 3 is 2.33 bits per heavy atom. The molecule has 1 heterocycles. The summed E-state index contributed by atoms with van der Waals surface area (Å²) in [6.45, 7) is 2.33. The number of hydrogen-bond acceptors (Lipinski definition) is 5. The van der Waals surface area contributed by atoms with Gasteiger partial charge in [-0.3, -0.25) is 4.68 Å². The smallest absolute Gasteiger partial charge is 0.362 e. The molecule has 0 atom stereocenters. The van der Waals surface area contributed by atoms with Crippen LogP contribution in [0.4, 0.5) is 0 Å². The Hall–Kier alpha value is -2.68. The Balaban J connectivity index is 1.92. The molecule has 27 heavy (non-hydrogen) atoms. The van der Waals surface area contributed by atoms with Gasteiger partial charge in [-0.15, -0.1) is 0 Å². The molecule has 0 bridgehead atoms. The summed E-state index contributed by atoms with van der Waals surface area (Å²) in [7, 11) is -3.81. The van der Waals surface area contributed by atoms with E-state index < -0.39 is 16.0 Å². The van der Waals surface area contributed by atoms with E-state index in [0.29, 0.717) is 17.1 Å². The SMILES string of the molecule is CCn1ncc(-c2ccc(Cl)cc2)c1C(=O)Oc1ccc(S(N)(=O)=O)cc1. The molecular formula is C18H16ClN3O4S. The molecule has 0 aliphatic rings. The van der Waals surface area contributed by atoms with Crippen molar-refractivity contribution in [2.45, 2.75) is 18.4 Å². The van der Waals surface area contributed by atoms with Crippen molar-refractivity contribution in [3.05, 3.63) is 65.4 Å². The minimum Gasteiger partial charge on any atom is -0.422 e. The van der Waals surface area contributed by atoms with Crippen LogP contribution < -0.4 is 9.88 Å². The van der Waals surface area contributed by atoms with Gasteiger partial charge >= 0.3 is 5.97 Å². The largest absolute Gasteiger partial charge is 0.422 e. The lowest BCUT2D eigenvalue weighted by molar-refractivity contribution is 0.0722. The quantitative estimate of drug-likeness (QED) is 0.518. The molecular weight excluding hydrogens is 390 g/mol. The van der Waals surface area contributed by atoms with Gasteiger partial charge in [0.1, 0.15) is 5.75 Å². The van der Waals surface area contributed by atoms with Crippen molar-refractivity contribution in [1.82, 2.24) is 9.78 Å². The highest BCUT2D eigenvalue weighted by molar-refractivity contribution is 7.89. The summed E-state index contributed by atoms with van der Waals surface area (Å²) in [6, 6.07) is 12.3. The summed E-state index contributed by atoms with van der Waals surface area (Å²) in [5, 5.41) is 9.88. The fourth-order valence-corrected chi connectivity index (χ4v) is 3.18. The number of carbonyl (C=O) groups excluding carboxylic acids is 1. The van der Waals surface area contributed by atoms with Crippen molar-refractivity contribution in [2.75, 3.05) is 0 Å². The number of carbonyl (C=O) groups is 1. The van der Waals surface area contributed by atoms with Crippen LogP contribution in [0.2, 0.25) is 5.02 Å². The van der Waals surface area contributed by atoms with Crippen molar-refractivity contribution >= 4 is 27.6 Å². The molecule has 0 fully saturated rings. The highest BCUT2D eigenvalue weighted by Gasteiger charge is 2.21. The number of benzene rings is 2. The number of hydrogen-bond donors (Lipinski definition) is 1. The van der Waals surface area contributed by atoms with E-state index in [0.717, 1.165) is 5.56 Å². The second-order valence-electron chi connectivity index (χ2n) is 5.64. The number of rotatable bonds is 5. The van der Waals surface area contributed by atoms with Gasteiger partial charge in [0.2, 0.25) is 10.0 Å². The van der Waals surface area contributed by atoms with Crippen LogP contribution in [0.15, 0.2) is 59.6 Å². The molecule has 0 radical (unpaired) electrons. The maximum absolute atomic E-state index is 12.7. The van der Waals surface area contributed by atoms with Crippen LogP contribution in [0, 0.1) is 0 Å². The summed E-state index contributed by atoms with van der Waals surface area (Å²) < 4.78 is 29.5. The fraction of sp³-hybridized carbons (Fsp3) is 0.111. The first-order chi connectivity index (χ1) is 12.8. The topological polar surface area (TPSA) is 104 Å². The monoisotopic (exact) mass is 405 g/mol. The Morgan fingerprint density at radius 2 is 1.78 bits per heavy atom. The summed E-state index contributed by atoms with van der Waals surface area (Å²) in [5.41, 5.74) is 1.67. The minimum atomic E-state index is -3.81. The van der Waals surface area contributed by atoms with E-state index in [4.69, 9.17) is 21.5 Å². The van der Waals surface area contributed by atoms with Crippen LogP contribution >= 0.6 is 11.6 Å². The molecule has 3 aromatic rings. The highest BCUT2D eigenvalue weighted by atomic mass is 35.5. The van der Waals surface area contributed by atoms with E-state index in [9.17, 15) is 13.2 Å². The second kappa shape index (κ2) is 7.51. The molecule has 0 aliphatic heterocycles. The van der Waals surface area contributed by atoms with E-state index in [1.807, 2.05) is 6.92 Å². The average Bonchev–Trinajstić information content (AvgIpc) is 3.06. The number of nitrogens with two attached hydrogens (primary N) is 1. The maximum atomic E-state index is 12.7. The zero-order valence-corrected chi connectivity index (χ0v) is 15.9. The van der Waals surface area contributed by atoms with Gasteiger partial charge < -0.3 is 4.74 Å². The Bertz CT molecular complexity index is 1070. The minimum absolute atomic E-state index is 0.0669. The predicted octanol–water partition coefficient (Wildman–Crippen LogP) is 3.09. The van der Waals surface area contributed by atoms with Crippen LogP contribution in [0.5, 0.6) is 5.75 Å². The first-order valence-corrected chi connectivity index (χ1v) is 9.89. The van der Waals surface area contributed by atoms with E-state index in [1.165, 1.54) is 28.9 Å². The molecule has 2 aromatic carbocycles.